The number of nitrogens with zero attached hydrogens (tertiary/aromatic N) is 1. The van der Waals surface area contributed by atoms with Crippen LogP contribution in [0, 0.1) is 13.8 Å². The van der Waals surface area contributed by atoms with E-state index in [9.17, 15) is 0 Å². The first-order chi connectivity index (χ1) is 8.20. The number of hydrogen-bond acceptors (Lipinski definition) is 3. The maximum Gasteiger partial charge on any atom is 0.132 e. The van der Waals surface area contributed by atoms with Crippen LogP contribution in [0.2, 0.25) is 0 Å². The van der Waals surface area contributed by atoms with Gasteiger partial charge in [-0.05, 0) is 43.2 Å². The lowest BCUT2D eigenvalue weighted by Gasteiger charge is -2.11. The summed E-state index contributed by atoms with van der Waals surface area (Å²) in [4.78, 5) is 4.44. The highest BCUT2D eigenvalue weighted by Crippen LogP contribution is 2.22. The number of aromatic nitrogens is 1. The van der Waals surface area contributed by atoms with Crippen LogP contribution in [-0.2, 0) is 0 Å². The van der Waals surface area contributed by atoms with E-state index in [1.807, 2.05) is 31.3 Å². The fourth-order valence-electron chi connectivity index (χ4n) is 1.67. The molecule has 0 amide bonds. The van der Waals surface area contributed by atoms with Crippen molar-refractivity contribution in [3.63, 3.8) is 0 Å². The van der Waals surface area contributed by atoms with E-state index in [1.54, 1.807) is 0 Å². The van der Waals surface area contributed by atoms with E-state index in [1.165, 1.54) is 11.1 Å². The van der Waals surface area contributed by atoms with Gasteiger partial charge >= 0.3 is 0 Å². The van der Waals surface area contributed by atoms with Gasteiger partial charge in [-0.3, -0.25) is 0 Å². The maximum atomic E-state index is 4.44. The molecule has 1 aromatic carbocycles. The Bertz CT molecular complexity index is 521. The Morgan fingerprint density at radius 3 is 2.41 bits per heavy atom. The van der Waals surface area contributed by atoms with Gasteiger partial charge in [-0.2, -0.15) is 0 Å². The van der Waals surface area contributed by atoms with E-state index < -0.39 is 0 Å². The van der Waals surface area contributed by atoms with Crippen molar-refractivity contribution in [2.24, 2.45) is 0 Å². The molecule has 0 aliphatic carbocycles. The molecule has 0 radical (unpaired) electrons. The lowest BCUT2D eigenvalue weighted by atomic mass is 10.1. The van der Waals surface area contributed by atoms with Gasteiger partial charge in [0.15, 0.2) is 0 Å². The molecule has 0 bridgehead atoms. The Morgan fingerprint density at radius 2 is 1.65 bits per heavy atom. The highest BCUT2D eigenvalue weighted by molar-refractivity contribution is 5.62. The number of rotatable bonds is 3. The molecule has 0 saturated heterocycles. The molecule has 0 atom stereocenters. The van der Waals surface area contributed by atoms with Crippen LogP contribution in [-0.4, -0.2) is 12.0 Å². The van der Waals surface area contributed by atoms with Gasteiger partial charge in [-0.1, -0.05) is 18.2 Å². The first-order valence-electron chi connectivity index (χ1n) is 5.69. The molecule has 88 valence electrons. The van der Waals surface area contributed by atoms with Gasteiger partial charge in [0.1, 0.15) is 11.6 Å². The van der Waals surface area contributed by atoms with E-state index in [2.05, 4.69) is 41.6 Å². The third-order valence-electron chi connectivity index (χ3n) is 2.87. The fraction of sp³-hybridized carbons (Fsp3) is 0.214. The first-order valence-corrected chi connectivity index (χ1v) is 5.69. The molecule has 0 fully saturated rings. The Morgan fingerprint density at radius 1 is 0.941 bits per heavy atom. The molecule has 1 heterocycles. The van der Waals surface area contributed by atoms with E-state index in [0.717, 1.165) is 17.3 Å². The number of hydrogen-bond donors (Lipinski definition) is 2. The van der Waals surface area contributed by atoms with Gasteiger partial charge < -0.3 is 10.6 Å². The average molecular weight is 227 g/mol. The monoisotopic (exact) mass is 227 g/mol. The molecule has 2 N–H and O–H groups in total. The van der Waals surface area contributed by atoms with Gasteiger partial charge in [-0.15, -0.1) is 0 Å². The lowest BCUT2D eigenvalue weighted by molar-refractivity contribution is 1.26. The zero-order valence-electron chi connectivity index (χ0n) is 10.4. The summed E-state index contributed by atoms with van der Waals surface area (Å²) in [7, 11) is 1.87. The standard InChI is InChI=1S/C14H17N3/c1-10-6-4-7-12(11(10)2)16-14-9-5-8-13(15-3)17-14/h4-9H,1-3H3,(H2,15,16,17). The largest absolute Gasteiger partial charge is 0.373 e. The zero-order chi connectivity index (χ0) is 12.3. The highest BCUT2D eigenvalue weighted by atomic mass is 15.1. The average Bonchev–Trinajstić information content (AvgIpc) is 2.35. The van der Waals surface area contributed by atoms with Crippen LogP contribution in [0.25, 0.3) is 0 Å². The van der Waals surface area contributed by atoms with Gasteiger partial charge in [-0.25, -0.2) is 4.98 Å². The molecule has 3 nitrogen and oxygen atoms in total. The van der Waals surface area contributed by atoms with E-state index in [4.69, 9.17) is 0 Å². The SMILES string of the molecule is CNc1cccc(Nc2cccc(C)c2C)n1. The molecule has 0 unspecified atom stereocenters. The number of aryl methyl sites for hydroxylation is 1. The first kappa shape index (κ1) is 11.5. The second-order valence-electron chi connectivity index (χ2n) is 4.03. The number of anilines is 3. The van der Waals surface area contributed by atoms with Crippen molar-refractivity contribution in [2.75, 3.05) is 17.7 Å². The molecule has 2 rings (SSSR count). The summed E-state index contributed by atoms with van der Waals surface area (Å²) in [6.07, 6.45) is 0. The van der Waals surface area contributed by atoms with Crippen molar-refractivity contribution in [3.05, 3.63) is 47.5 Å². The Labute approximate surface area is 102 Å². The minimum Gasteiger partial charge on any atom is -0.373 e. The Kier molecular flexibility index (Phi) is 3.28. The smallest absolute Gasteiger partial charge is 0.132 e. The topological polar surface area (TPSA) is 37.0 Å². The third-order valence-corrected chi connectivity index (χ3v) is 2.87. The minimum absolute atomic E-state index is 0.852. The van der Waals surface area contributed by atoms with Crippen molar-refractivity contribution in [3.8, 4) is 0 Å². The molecule has 2 aromatic rings. The predicted octanol–water partition coefficient (Wildman–Crippen LogP) is 3.48. The number of nitrogens with one attached hydrogen (secondary N) is 2. The quantitative estimate of drug-likeness (QED) is 0.842. The highest BCUT2D eigenvalue weighted by Gasteiger charge is 2.02. The maximum absolute atomic E-state index is 4.44. The second kappa shape index (κ2) is 4.87. The van der Waals surface area contributed by atoms with Crippen LogP contribution in [0.4, 0.5) is 17.3 Å². The van der Waals surface area contributed by atoms with Crippen molar-refractivity contribution in [2.45, 2.75) is 13.8 Å². The van der Waals surface area contributed by atoms with Gasteiger partial charge in [0.2, 0.25) is 0 Å². The van der Waals surface area contributed by atoms with E-state index in [-0.39, 0.29) is 0 Å². The normalized spacial score (nSPS) is 10.1. The van der Waals surface area contributed by atoms with Crippen LogP contribution >= 0.6 is 0 Å². The van der Waals surface area contributed by atoms with Gasteiger partial charge in [0.05, 0.1) is 0 Å². The Balaban J connectivity index is 2.28. The third kappa shape index (κ3) is 2.56. The molecule has 0 aliphatic heterocycles. The summed E-state index contributed by atoms with van der Waals surface area (Å²) in [6.45, 7) is 4.22. The van der Waals surface area contributed by atoms with Crippen LogP contribution in [0.5, 0.6) is 0 Å². The zero-order valence-corrected chi connectivity index (χ0v) is 10.4. The summed E-state index contributed by atoms with van der Waals surface area (Å²) in [5.74, 6) is 1.71. The predicted molar refractivity (Wildman–Crippen MR) is 73.0 cm³/mol. The number of benzene rings is 1. The van der Waals surface area contributed by atoms with Crippen molar-refractivity contribution in [1.29, 1.82) is 0 Å². The molecule has 3 heteroatoms. The van der Waals surface area contributed by atoms with E-state index in [0.29, 0.717) is 0 Å². The minimum atomic E-state index is 0.852. The number of pyridine rings is 1. The van der Waals surface area contributed by atoms with Crippen molar-refractivity contribution < 1.29 is 0 Å². The van der Waals surface area contributed by atoms with Crippen LogP contribution in [0.1, 0.15) is 11.1 Å². The molecular weight excluding hydrogens is 210 g/mol. The van der Waals surface area contributed by atoms with Crippen LogP contribution in [0.3, 0.4) is 0 Å². The fourth-order valence-corrected chi connectivity index (χ4v) is 1.67. The van der Waals surface area contributed by atoms with Gasteiger partial charge in [0, 0.05) is 12.7 Å². The van der Waals surface area contributed by atoms with Crippen LogP contribution < -0.4 is 10.6 Å². The summed E-state index contributed by atoms with van der Waals surface area (Å²) in [5, 5.41) is 6.36. The summed E-state index contributed by atoms with van der Waals surface area (Å²) >= 11 is 0. The molecule has 1 aromatic heterocycles. The van der Waals surface area contributed by atoms with Gasteiger partial charge in [0.25, 0.3) is 0 Å². The lowest BCUT2D eigenvalue weighted by Crippen LogP contribution is -1.99. The molecular formula is C14H17N3. The molecule has 0 spiro atoms. The molecule has 0 aliphatic rings. The summed E-state index contributed by atoms with van der Waals surface area (Å²) in [6, 6.07) is 12.1. The van der Waals surface area contributed by atoms with E-state index >= 15 is 0 Å². The second-order valence-corrected chi connectivity index (χ2v) is 4.03. The van der Waals surface area contributed by atoms with Crippen LogP contribution in [0.15, 0.2) is 36.4 Å². The molecule has 17 heavy (non-hydrogen) atoms. The molecule has 0 saturated carbocycles. The van der Waals surface area contributed by atoms with Crippen molar-refractivity contribution in [1.82, 2.24) is 4.98 Å². The van der Waals surface area contributed by atoms with Crippen molar-refractivity contribution >= 4 is 17.3 Å². The Hall–Kier alpha value is -2.03. The summed E-state index contributed by atoms with van der Waals surface area (Å²) < 4.78 is 0. The summed E-state index contributed by atoms with van der Waals surface area (Å²) in [5.41, 5.74) is 3.63.